The van der Waals surface area contributed by atoms with Crippen molar-refractivity contribution in [2.45, 2.75) is 52.9 Å². The van der Waals surface area contributed by atoms with E-state index in [9.17, 15) is 0 Å². The smallest absolute Gasteiger partial charge is 0.0432 e. The average molecular weight is 437 g/mol. The van der Waals surface area contributed by atoms with Crippen LogP contribution in [0.25, 0.3) is 5.57 Å². The van der Waals surface area contributed by atoms with E-state index < -0.39 is 0 Å². The Morgan fingerprint density at radius 1 is 1.12 bits per heavy atom. The molecule has 2 N–H and O–H groups in total. The number of nitrogens with two attached hydrogens (primary N) is 1. The van der Waals surface area contributed by atoms with Crippen LogP contribution in [0.4, 0.5) is 0 Å². The molecule has 0 saturated heterocycles. The Morgan fingerprint density at radius 2 is 1.91 bits per heavy atom. The lowest BCUT2D eigenvalue weighted by atomic mass is 9.79. The molecule has 2 aromatic rings. The molecule has 2 aliphatic carbocycles. The Balaban J connectivity index is 0.000000331. The molecule has 0 fully saturated rings. The fourth-order valence-corrected chi connectivity index (χ4v) is 4.49. The summed E-state index contributed by atoms with van der Waals surface area (Å²) in [6.07, 6.45) is 15.8. The first kappa shape index (κ1) is 24.5. The fraction of sp³-hybridized carbons (Fsp3) is 0.323. The van der Waals surface area contributed by atoms with Crippen LogP contribution in [-0.4, -0.2) is 11.5 Å². The van der Waals surface area contributed by atoms with Gasteiger partial charge < -0.3 is 5.73 Å². The molecular weight excluding hydrogens is 400 g/mol. The Bertz CT molecular complexity index is 1120. The van der Waals surface area contributed by atoms with Crippen molar-refractivity contribution in [1.82, 2.24) is 4.98 Å². The number of fused-ring (bicyclic) bond motifs is 1. The normalized spacial score (nSPS) is 14.3. The highest BCUT2D eigenvalue weighted by Crippen LogP contribution is 2.39. The zero-order valence-electron chi connectivity index (χ0n) is 20.3. The van der Waals surface area contributed by atoms with Crippen LogP contribution < -0.4 is 5.73 Å². The van der Waals surface area contributed by atoms with Crippen molar-refractivity contribution in [3.63, 3.8) is 0 Å². The summed E-state index contributed by atoms with van der Waals surface area (Å²) >= 11 is 0. The zero-order valence-corrected chi connectivity index (χ0v) is 20.3. The van der Waals surface area contributed by atoms with E-state index in [0.29, 0.717) is 0 Å². The Kier molecular flexibility index (Phi) is 9.04. The van der Waals surface area contributed by atoms with E-state index >= 15 is 0 Å². The van der Waals surface area contributed by atoms with Crippen LogP contribution in [0.3, 0.4) is 0 Å². The summed E-state index contributed by atoms with van der Waals surface area (Å²) < 4.78 is 0. The minimum Gasteiger partial charge on any atom is -0.330 e. The van der Waals surface area contributed by atoms with E-state index in [1.165, 1.54) is 52.7 Å². The van der Waals surface area contributed by atoms with Gasteiger partial charge >= 0.3 is 0 Å². The molecule has 2 nitrogen and oxygen atoms in total. The highest BCUT2D eigenvalue weighted by Gasteiger charge is 2.21. The molecular formula is C31H36N2. The minimum atomic E-state index is 0.854. The van der Waals surface area contributed by atoms with Gasteiger partial charge in [-0.3, -0.25) is 4.98 Å². The molecule has 1 heterocycles. The zero-order chi connectivity index (χ0) is 23.6. The summed E-state index contributed by atoms with van der Waals surface area (Å²) in [5.41, 5.74) is 15.2. The van der Waals surface area contributed by atoms with Gasteiger partial charge in [0.25, 0.3) is 0 Å². The number of hydrogen-bond acceptors (Lipinski definition) is 2. The van der Waals surface area contributed by atoms with Crippen molar-refractivity contribution >= 4 is 5.57 Å². The number of hydrogen-bond donors (Lipinski definition) is 1. The first-order chi connectivity index (χ1) is 16.1. The number of benzene rings is 1. The van der Waals surface area contributed by atoms with Crippen molar-refractivity contribution in [3.05, 3.63) is 107 Å². The third-order valence-electron chi connectivity index (χ3n) is 6.48. The molecule has 0 saturated carbocycles. The molecule has 1 aromatic carbocycles. The van der Waals surface area contributed by atoms with Crippen LogP contribution in [0.2, 0.25) is 0 Å². The molecule has 0 aliphatic heterocycles. The van der Waals surface area contributed by atoms with Gasteiger partial charge in [0.1, 0.15) is 0 Å². The average Bonchev–Trinajstić information content (AvgIpc) is 3.37. The second-order valence-corrected chi connectivity index (χ2v) is 8.73. The second-order valence-electron chi connectivity index (χ2n) is 8.73. The van der Waals surface area contributed by atoms with E-state index in [4.69, 9.17) is 5.73 Å². The van der Waals surface area contributed by atoms with E-state index in [-0.39, 0.29) is 0 Å². The maximum atomic E-state index is 5.38. The van der Waals surface area contributed by atoms with E-state index in [1.807, 2.05) is 12.1 Å². The minimum absolute atomic E-state index is 0.854. The van der Waals surface area contributed by atoms with Crippen molar-refractivity contribution in [1.29, 1.82) is 0 Å². The molecule has 0 spiro atoms. The van der Waals surface area contributed by atoms with Gasteiger partial charge in [-0.2, -0.15) is 0 Å². The summed E-state index contributed by atoms with van der Waals surface area (Å²) in [7, 11) is 0. The molecule has 2 heteroatoms. The largest absolute Gasteiger partial charge is 0.330 e. The molecule has 0 radical (unpaired) electrons. The summed E-state index contributed by atoms with van der Waals surface area (Å²) in [5.74, 6) is 7.33. The first-order valence-corrected chi connectivity index (χ1v) is 12.1. The highest BCUT2D eigenvalue weighted by molar-refractivity contribution is 5.81. The molecule has 0 bridgehead atoms. The summed E-state index contributed by atoms with van der Waals surface area (Å²) in [6.45, 7) is 11.8. The monoisotopic (exact) mass is 436 g/mol. The van der Waals surface area contributed by atoms with Gasteiger partial charge in [0.05, 0.1) is 0 Å². The van der Waals surface area contributed by atoms with Gasteiger partial charge in [0, 0.05) is 23.5 Å². The van der Waals surface area contributed by atoms with Crippen LogP contribution in [0, 0.1) is 17.8 Å². The predicted molar refractivity (Wildman–Crippen MR) is 142 cm³/mol. The third kappa shape index (κ3) is 6.44. The number of allylic oxidation sites excluding steroid dienone is 7. The van der Waals surface area contributed by atoms with Crippen LogP contribution in [-0.2, 0) is 6.42 Å². The fourth-order valence-electron chi connectivity index (χ4n) is 4.49. The molecule has 0 unspecified atom stereocenters. The first-order valence-electron chi connectivity index (χ1n) is 12.1. The molecule has 170 valence electrons. The Labute approximate surface area is 200 Å². The predicted octanol–water partition coefficient (Wildman–Crippen LogP) is 7.02. The lowest BCUT2D eigenvalue weighted by Gasteiger charge is -2.24. The maximum Gasteiger partial charge on any atom is 0.0432 e. The lowest BCUT2D eigenvalue weighted by Crippen LogP contribution is -2.08. The third-order valence-corrected chi connectivity index (χ3v) is 6.48. The molecule has 2 aliphatic rings. The molecule has 0 amide bonds. The van der Waals surface area contributed by atoms with Gasteiger partial charge in [0.2, 0.25) is 0 Å². The van der Waals surface area contributed by atoms with Crippen LogP contribution in [0.5, 0.6) is 0 Å². The number of nitrogens with zero attached hydrogens (tertiary/aromatic N) is 1. The van der Waals surface area contributed by atoms with Gasteiger partial charge in [-0.05, 0) is 96.3 Å². The van der Waals surface area contributed by atoms with Crippen molar-refractivity contribution in [2.24, 2.45) is 11.7 Å². The van der Waals surface area contributed by atoms with E-state index in [0.717, 1.165) is 36.4 Å². The Hall–Kier alpha value is -3.15. The van der Waals surface area contributed by atoms with Gasteiger partial charge in [0.15, 0.2) is 0 Å². The van der Waals surface area contributed by atoms with Gasteiger partial charge in [-0.25, -0.2) is 0 Å². The lowest BCUT2D eigenvalue weighted by molar-refractivity contribution is 0.463. The van der Waals surface area contributed by atoms with Crippen molar-refractivity contribution in [2.75, 3.05) is 6.54 Å². The maximum absolute atomic E-state index is 5.38. The summed E-state index contributed by atoms with van der Waals surface area (Å²) in [4.78, 5) is 4.11. The van der Waals surface area contributed by atoms with E-state index in [2.05, 4.69) is 80.6 Å². The molecule has 33 heavy (non-hydrogen) atoms. The van der Waals surface area contributed by atoms with E-state index in [1.54, 1.807) is 12.4 Å². The SMILES string of the molecule is C=C1Cc2ccc(C#Cc3cccnc3)cc2C(C)=C1C1=CC=CC1.CCC(CC)CCN. The van der Waals surface area contributed by atoms with Gasteiger partial charge in [-0.15, -0.1) is 0 Å². The quantitative estimate of drug-likeness (QED) is 0.511. The standard InChI is InChI=1S/C24H19N.C7H17N/c1-17-14-22-12-11-19(9-10-20-6-5-13-25-16-20)15-23(22)18(2)24(17)21-7-3-4-8-21;1-3-7(4-2)5-6-8/h3-7,11-13,15-16H,1,8,14H2,2H3;7H,3-6,8H2,1-2H3. The molecule has 1 aromatic heterocycles. The van der Waals surface area contributed by atoms with Crippen molar-refractivity contribution < 1.29 is 0 Å². The summed E-state index contributed by atoms with van der Waals surface area (Å²) in [6, 6.07) is 10.4. The number of rotatable bonds is 5. The molecule has 0 atom stereocenters. The summed E-state index contributed by atoms with van der Waals surface area (Å²) in [5, 5.41) is 0. The number of aromatic nitrogens is 1. The van der Waals surface area contributed by atoms with Crippen LogP contribution >= 0.6 is 0 Å². The second kappa shape index (κ2) is 12.2. The Morgan fingerprint density at radius 3 is 2.52 bits per heavy atom. The van der Waals surface area contributed by atoms with Crippen LogP contribution in [0.1, 0.15) is 68.7 Å². The van der Waals surface area contributed by atoms with Crippen LogP contribution in [0.15, 0.2) is 84.3 Å². The number of pyridine rings is 1. The topological polar surface area (TPSA) is 38.9 Å². The molecule has 4 rings (SSSR count). The highest BCUT2D eigenvalue weighted by atomic mass is 14.6. The van der Waals surface area contributed by atoms with Gasteiger partial charge in [-0.1, -0.05) is 69.4 Å². The van der Waals surface area contributed by atoms with Crippen molar-refractivity contribution in [3.8, 4) is 11.8 Å².